The lowest BCUT2D eigenvalue weighted by atomic mass is 9.99. The molecule has 0 aromatic heterocycles. The molecule has 0 bridgehead atoms. The van der Waals surface area contributed by atoms with Gasteiger partial charge in [-0.15, -0.1) is 0 Å². The Labute approximate surface area is 186 Å². The highest BCUT2D eigenvalue weighted by molar-refractivity contribution is 6.15. The molecule has 1 N–H and O–H groups in total. The quantitative estimate of drug-likeness (QED) is 0.459. The Hall–Kier alpha value is -2.59. The van der Waals surface area contributed by atoms with E-state index < -0.39 is 0 Å². The van der Waals surface area contributed by atoms with Gasteiger partial charge >= 0.3 is 0 Å². The summed E-state index contributed by atoms with van der Waals surface area (Å²) in [6.45, 7) is 10.9. The predicted octanol–water partition coefficient (Wildman–Crippen LogP) is 6.28. The van der Waals surface area contributed by atoms with Crippen LogP contribution in [0, 0.1) is 6.92 Å². The number of phenolic OH excluding ortho intramolecular Hbond substituents is 1. The fourth-order valence-electron chi connectivity index (χ4n) is 3.99. The summed E-state index contributed by atoms with van der Waals surface area (Å²) < 4.78 is 6.11. The second-order valence-corrected chi connectivity index (χ2v) is 8.41. The van der Waals surface area contributed by atoms with Crippen LogP contribution in [-0.2, 0) is 13.0 Å². The lowest BCUT2D eigenvalue weighted by Gasteiger charge is -2.23. The Morgan fingerprint density at radius 3 is 2.26 bits per heavy atom. The molecule has 31 heavy (non-hydrogen) atoms. The van der Waals surface area contributed by atoms with E-state index in [0.29, 0.717) is 29.2 Å². The zero-order valence-electron chi connectivity index (χ0n) is 19.3. The number of fused-ring (bicyclic) bond motifs is 1. The molecule has 0 unspecified atom stereocenters. The lowest BCUT2D eigenvalue weighted by molar-refractivity contribution is 0.101. The van der Waals surface area contributed by atoms with Crippen molar-refractivity contribution in [2.45, 2.75) is 66.3 Å². The van der Waals surface area contributed by atoms with Crippen molar-refractivity contribution in [3.8, 4) is 11.5 Å². The van der Waals surface area contributed by atoms with Gasteiger partial charge in [0.1, 0.15) is 11.5 Å². The van der Waals surface area contributed by atoms with E-state index >= 15 is 0 Å². The number of hydrogen-bond acceptors (Lipinski definition) is 4. The van der Waals surface area contributed by atoms with Gasteiger partial charge in [0.2, 0.25) is 5.78 Å². The van der Waals surface area contributed by atoms with Crippen molar-refractivity contribution in [3.05, 3.63) is 63.9 Å². The number of hydrogen-bond donors (Lipinski definition) is 1. The monoisotopic (exact) mass is 421 g/mol. The van der Waals surface area contributed by atoms with Gasteiger partial charge in [-0.05, 0) is 68.1 Å². The number of allylic oxidation sites excluding steroid dienone is 1. The molecule has 1 heterocycles. The second kappa shape index (κ2) is 10.6. The summed E-state index contributed by atoms with van der Waals surface area (Å²) in [5.41, 5.74) is 4.23. The van der Waals surface area contributed by atoms with Crippen LogP contribution in [0.25, 0.3) is 6.08 Å². The Bertz CT molecular complexity index is 936. The number of phenols is 1. The third-order valence-corrected chi connectivity index (χ3v) is 5.94. The number of aromatic hydroxyl groups is 1. The molecule has 0 spiro atoms. The van der Waals surface area contributed by atoms with Gasteiger partial charge in [-0.1, -0.05) is 57.9 Å². The van der Waals surface area contributed by atoms with Crippen molar-refractivity contribution in [1.82, 2.24) is 4.90 Å². The maximum absolute atomic E-state index is 13.1. The van der Waals surface area contributed by atoms with Gasteiger partial charge in [0.25, 0.3) is 0 Å². The summed E-state index contributed by atoms with van der Waals surface area (Å²) in [6, 6.07) is 9.86. The highest BCUT2D eigenvalue weighted by atomic mass is 16.5. The molecule has 0 aliphatic carbocycles. The number of benzene rings is 2. The number of ether oxygens (including phenoxy) is 1. The summed E-state index contributed by atoms with van der Waals surface area (Å²) in [4.78, 5) is 15.5. The van der Waals surface area contributed by atoms with E-state index in [1.807, 2.05) is 19.1 Å². The van der Waals surface area contributed by atoms with Crippen LogP contribution in [-0.4, -0.2) is 28.9 Å². The molecule has 0 radical (unpaired) electrons. The van der Waals surface area contributed by atoms with E-state index in [2.05, 4.69) is 37.8 Å². The molecule has 166 valence electrons. The number of nitrogens with zero attached hydrogens (tertiary/aromatic N) is 1. The topological polar surface area (TPSA) is 49.8 Å². The standard InChI is InChI=1S/C27H35NO3/c1-5-8-14-28(15-9-6-2)18-22-23(29)16-19(4)25-26(30)24(31-27(22)25)17-21-12-10-20(7-3)11-13-21/h10-13,16-17,29H,5-9,14-15,18H2,1-4H3/b24-17+. The first-order chi connectivity index (χ1) is 15.0. The average Bonchev–Trinajstić information content (AvgIpc) is 3.09. The van der Waals surface area contributed by atoms with Crippen molar-refractivity contribution in [3.63, 3.8) is 0 Å². The third kappa shape index (κ3) is 5.37. The largest absolute Gasteiger partial charge is 0.507 e. The van der Waals surface area contributed by atoms with Gasteiger partial charge < -0.3 is 9.84 Å². The van der Waals surface area contributed by atoms with E-state index in [0.717, 1.165) is 56.3 Å². The molecule has 0 saturated carbocycles. The van der Waals surface area contributed by atoms with Crippen LogP contribution in [0.4, 0.5) is 0 Å². The van der Waals surface area contributed by atoms with Crippen molar-refractivity contribution >= 4 is 11.9 Å². The number of ketones is 1. The van der Waals surface area contributed by atoms with E-state index in [-0.39, 0.29) is 11.5 Å². The van der Waals surface area contributed by atoms with Crippen molar-refractivity contribution in [2.24, 2.45) is 0 Å². The van der Waals surface area contributed by atoms with E-state index in [1.165, 1.54) is 5.56 Å². The first-order valence-electron chi connectivity index (χ1n) is 11.6. The first-order valence-corrected chi connectivity index (χ1v) is 11.6. The van der Waals surface area contributed by atoms with E-state index in [1.54, 1.807) is 12.1 Å². The third-order valence-electron chi connectivity index (χ3n) is 5.94. The summed E-state index contributed by atoms with van der Waals surface area (Å²) in [6.07, 6.45) is 7.24. The summed E-state index contributed by atoms with van der Waals surface area (Å²) in [5, 5.41) is 10.7. The highest BCUT2D eigenvalue weighted by Crippen LogP contribution is 2.42. The van der Waals surface area contributed by atoms with Crippen molar-refractivity contribution in [1.29, 1.82) is 0 Å². The molecule has 4 heteroatoms. The van der Waals surface area contributed by atoms with Crippen LogP contribution >= 0.6 is 0 Å². The average molecular weight is 422 g/mol. The molecule has 2 aromatic rings. The Morgan fingerprint density at radius 2 is 1.68 bits per heavy atom. The molecule has 1 aliphatic heterocycles. The van der Waals surface area contributed by atoms with E-state index in [4.69, 9.17) is 4.74 Å². The van der Waals surface area contributed by atoms with Gasteiger partial charge in [0, 0.05) is 6.54 Å². The molecule has 0 saturated heterocycles. The minimum Gasteiger partial charge on any atom is -0.507 e. The van der Waals surface area contributed by atoms with Crippen molar-refractivity contribution in [2.75, 3.05) is 13.1 Å². The molecule has 1 aliphatic rings. The fraction of sp³-hybridized carbons (Fsp3) is 0.444. The Morgan fingerprint density at radius 1 is 1.03 bits per heavy atom. The summed E-state index contributed by atoms with van der Waals surface area (Å²) >= 11 is 0. The normalized spacial score (nSPS) is 14.4. The molecule has 4 nitrogen and oxygen atoms in total. The van der Waals surface area contributed by atoms with Crippen molar-refractivity contribution < 1.29 is 14.6 Å². The minimum atomic E-state index is -0.109. The Kier molecular flexibility index (Phi) is 7.91. The maximum atomic E-state index is 13.1. The van der Waals surface area contributed by atoms with Crippen LogP contribution in [0.1, 0.15) is 79.1 Å². The van der Waals surface area contributed by atoms with E-state index in [9.17, 15) is 9.90 Å². The minimum absolute atomic E-state index is 0.109. The highest BCUT2D eigenvalue weighted by Gasteiger charge is 2.33. The maximum Gasteiger partial charge on any atom is 0.232 e. The van der Waals surface area contributed by atoms with Gasteiger partial charge in [-0.2, -0.15) is 0 Å². The number of rotatable bonds is 10. The zero-order valence-corrected chi connectivity index (χ0v) is 19.3. The number of carbonyl (C=O) groups excluding carboxylic acids is 1. The van der Waals surface area contributed by atoms with Gasteiger partial charge in [-0.25, -0.2) is 0 Å². The molecule has 0 fully saturated rings. The van der Waals surface area contributed by atoms with Gasteiger partial charge in [0.05, 0.1) is 11.1 Å². The second-order valence-electron chi connectivity index (χ2n) is 8.41. The smallest absolute Gasteiger partial charge is 0.232 e. The number of aryl methyl sites for hydroxylation is 2. The van der Waals surface area contributed by atoms with Crippen LogP contribution in [0.15, 0.2) is 36.1 Å². The number of Topliss-reactive ketones (excluding diaryl/α,β-unsaturated/α-hetero) is 1. The van der Waals surface area contributed by atoms with Crippen LogP contribution in [0.2, 0.25) is 0 Å². The SMILES string of the molecule is CCCCN(CCCC)Cc1c(O)cc(C)c2c1O/C(=C/c1ccc(CC)cc1)C2=O. The molecule has 2 aromatic carbocycles. The fourth-order valence-corrected chi connectivity index (χ4v) is 3.99. The molecule has 0 amide bonds. The summed E-state index contributed by atoms with van der Waals surface area (Å²) in [5.74, 6) is 0.942. The molecular weight excluding hydrogens is 386 g/mol. The lowest BCUT2D eigenvalue weighted by Crippen LogP contribution is -2.26. The van der Waals surface area contributed by atoms with Gasteiger partial charge in [-0.3, -0.25) is 9.69 Å². The van der Waals surface area contributed by atoms with Crippen LogP contribution in [0.5, 0.6) is 11.5 Å². The molecule has 3 rings (SSSR count). The number of unbranched alkanes of at least 4 members (excludes halogenated alkanes) is 2. The van der Waals surface area contributed by atoms with Crippen LogP contribution in [0.3, 0.4) is 0 Å². The van der Waals surface area contributed by atoms with Crippen LogP contribution < -0.4 is 4.74 Å². The zero-order chi connectivity index (χ0) is 22.4. The number of carbonyl (C=O) groups is 1. The molecular formula is C27H35NO3. The molecule has 0 atom stereocenters. The summed E-state index contributed by atoms with van der Waals surface area (Å²) in [7, 11) is 0. The van der Waals surface area contributed by atoms with Gasteiger partial charge in [0.15, 0.2) is 5.76 Å². The Balaban J connectivity index is 1.92. The first kappa shape index (κ1) is 23.1. The predicted molar refractivity (Wildman–Crippen MR) is 127 cm³/mol.